The van der Waals surface area contributed by atoms with Crippen molar-refractivity contribution in [2.24, 2.45) is 0 Å². The maximum absolute atomic E-state index is 11.2. The van der Waals surface area contributed by atoms with Gasteiger partial charge in [0.1, 0.15) is 0 Å². The summed E-state index contributed by atoms with van der Waals surface area (Å²) in [6, 6.07) is 3.95. The summed E-state index contributed by atoms with van der Waals surface area (Å²) in [5.74, 6) is -0.0852. The summed E-state index contributed by atoms with van der Waals surface area (Å²) in [5, 5.41) is 11.3. The fourth-order valence-electron chi connectivity index (χ4n) is 1.33. The van der Waals surface area contributed by atoms with Crippen molar-refractivity contribution in [2.45, 2.75) is 6.92 Å². The van der Waals surface area contributed by atoms with Crippen LogP contribution in [0.2, 0.25) is 0 Å². The lowest BCUT2D eigenvalue weighted by molar-refractivity contribution is -0.385. The lowest BCUT2D eigenvalue weighted by Gasteiger charge is -2.11. The first-order valence-electron chi connectivity index (χ1n) is 5.84. The Kier molecular flexibility index (Phi) is 6.78. The lowest BCUT2D eigenvalue weighted by atomic mass is 10.3. The van der Waals surface area contributed by atoms with E-state index in [1.807, 2.05) is 0 Å². The van der Waals surface area contributed by atoms with Gasteiger partial charge in [0.05, 0.1) is 24.2 Å². The number of hydrogen-bond donors (Lipinski definition) is 0. The van der Waals surface area contributed by atoms with E-state index >= 15 is 0 Å². The molecule has 0 aromatic heterocycles. The van der Waals surface area contributed by atoms with E-state index in [1.165, 1.54) is 18.2 Å². The lowest BCUT2D eigenvalue weighted by Crippen LogP contribution is -2.15. The van der Waals surface area contributed by atoms with Crippen LogP contribution in [-0.4, -0.2) is 36.0 Å². The predicted molar refractivity (Wildman–Crippen MR) is 74.5 cm³/mol. The number of nitrogens with zero attached hydrogens (tertiary/aromatic N) is 1. The zero-order chi connectivity index (χ0) is 15.0. The fraction of sp³-hybridized carbons (Fsp3) is 0.417. The summed E-state index contributed by atoms with van der Waals surface area (Å²) in [7, 11) is 0. The molecule has 1 rings (SSSR count). The van der Waals surface area contributed by atoms with Gasteiger partial charge in [-0.3, -0.25) is 10.1 Å². The van der Waals surface area contributed by atoms with Gasteiger partial charge in [-0.25, -0.2) is 4.79 Å². The van der Waals surface area contributed by atoms with Crippen LogP contribution in [0.4, 0.5) is 5.69 Å². The Morgan fingerprint density at radius 1 is 1.35 bits per heavy atom. The van der Waals surface area contributed by atoms with Crippen LogP contribution in [0, 0.1) is 10.1 Å². The molecule has 0 amide bonds. The Morgan fingerprint density at radius 2 is 2.10 bits per heavy atom. The van der Waals surface area contributed by atoms with E-state index < -0.39 is 10.9 Å². The van der Waals surface area contributed by atoms with Crippen molar-refractivity contribution in [3.05, 3.63) is 28.3 Å². The molecule has 0 unspecified atom stereocenters. The highest BCUT2D eigenvalue weighted by Crippen LogP contribution is 2.31. The number of nitro benzene ring substituents is 1. The summed E-state index contributed by atoms with van der Waals surface area (Å²) < 4.78 is 15.3. The quantitative estimate of drug-likeness (QED) is 0.310. The molecule has 0 aliphatic rings. The monoisotopic (exact) mass is 347 g/mol. The van der Waals surface area contributed by atoms with Crippen molar-refractivity contribution in [2.75, 3.05) is 25.2 Å². The number of non-ortho nitro benzene ring substituents is 1. The molecule has 20 heavy (non-hydrogen) atoms. The maximum Gasteiger partial charge on any atom is 0.344 e. The number of ether oxygens (including phenoxy) is 3. The number of rotatable bonds is 8. The van der Waals surface area contributed by atoms with E-state index in [0.29, 0.717) is 17.7 Å². The number of carbonyl (C=O) groups is 1. The van der Waals surface area contributed by atoms with Crippen molar-refractivity contribution in [1.82, 2.24) is 0 Å². The van der Waals surface area contributed by atoms with Gasteiger partial charge in [-0.1, -0.05) is 15.9 Å². The van der Waals surface area contributed by atoms with E-state index in [1.54, 1.807) is 6.92 Å². The van der Waals surface area contributed by atoms with Gasteiger partial charge in [-0.2, -0.15) is 0 Å². The average molecular weight is 348 g/mol. The first-order chi connectivity index (χ1) is 9.58. The van der Waals surface area contributed by atoms with Gasteiger partial charge in [-0.05, 0) is 13.0 Å². The van der Waals surface area contributed by atoms with E-state index in [2.05, 4.69) is 15.9 Å². The molecule has 0 heterocycles. The van der Waals surface area contributed by atoms with Crippen molar-refractivity contribution >= 4 is 27.6 Å². The molecule has 0 N–H and O–H groups in total. The summed E-state index contributed by atoms with van der Waals surface area (Å²) in [6.07, 6.45) is 0. The number of benzene rings is 1. The standard InChI is InChI=1S/C12H14BrNO6/c1-2-18-12(15)8-20-11-7-9(14(16)17)3-4-10(11)19-6-5-13/h3-4,7H,2,5-6,8H2,1H3. The molecule has 110 valence electrons. The van der Waals surface area contributed by atoms with Crippen LogP contribution in [0.5, 0.6) is 11.5 Å². The maximum atomic E-state index is 11.2. The predicted octanol–water partition coefficient (Wildman–Crippen LogP) is 2.31. The topological polar surface area (TPSA) is 87.9 Å². The number of alkyl halides is 1. The third-order valence-electron chi connectivity index (χ3n) is 2.12. The SMILES string of the molecule is CCOC(=O)COc1cc([N+](=O)[O-])ccc1OCCBr. The van der Waals surface area contributed by atoms with Crippen LogP contribution in [0.15, 0.2) is 18.2 Å². The molecule has 0 radical (unpaired) electrons. The van der Waals surface area contributed by atoms with Crippen molar-refractivity contribution in [3.8, 4) is 11.5 Å². The summed E-state index contributed by atoms with van der Waals surface area (Å²) in [4.78, 5) is 21.4. The van der Waals surface area contributed by atoms with Gasteiger partial charge < -0.3 is 14.2 Å². The summed E-state index contributed by atoms with van der Waals surface area (Å²) >= 11 is 3.20. The second-order valence-electron chi connectivity index (χ2n) is 3.52. The molecule has 1 aromatic rings. The van der Waals surface area contributed by atoms with Gasteiger partial charge in [-0.15, -0.1) is 0 Å². The minimum absolute atomic E-state index is 0.133. The van der Waals surface area contributed by atoms with Gasteiger partial charge >= 0.3 is 5.97 Å². The second kappa shape index (κ2) is 8.36. The molecule has 0 atom stereocenters. The molecule has 0 fully saturated rings. The first-order valence-corrected chi connectivity index (χ1v) is 6.96. The molecular formula is C12H14BrNO6. The van der Waals surface area contributed by atoms with E-state index in [-0.39, 0.29) is 24.7 Å². The Hall–Kier alpha value is -1.83. The highest BCUT2D eigenvalue weighted by Gasteiger charge is 2.14. The Balaban J connectivity index is 2.84. The fourth-order valence-corrected chi connectivity index (χ4v) is 1.49. The van der Waals surface area contributed by atoms with Gasteiger partial charge in [0.25, 0.3) is 5.69 Å². The van der Waals surface area contributed by atoms with E-state index in [9.17, 15) is 14.9 Å². The number of esters is 1. The van der Waals surface area contributed by atoms with Crippen molar-refractivity contribution in [3.63, 3.8) is 0 Å². The van der Waals surface area contributed by atoms with Crippen LogP contribution in [0.25, 0.3) is 0 Å². The minimum Gasteiger partial charge on any atom is -0.489 e. The third kappa shape index (κ3) is 5.04. The van der Waals surface area contributed by atoms with E-state index in [4.69, 9.17) is 14.2 Å². The van der Waals surface area contributed by atoms with Crippen molar-refractivity contribution in [1.29, 1.82) is 0 Å². The van der Waals surface area contributed by atoms with Gasteiger partial charge in [0.15, 0.2) is 18.1 Å². The Morgan fingerprint density at radius 3 is 2.70 bits per heavy atom. The Labute approximate surface area is 124 Å². The summed E-state index contributed by atoms with van der Waals surface area (Å²) in [6.45, 7) is 1.95. The number of halogens is 1. The van der Waals surface area contributed by atoms with E-state index in [0.717, 1.165) is 0 Å². The second-order valence-corrected chi connectivity index (χ2v) is 4.31. The zero-order valence-electron chi connectivity index (χ0n) is 10.8. The average Bonchev–Trinajstić information content (AvgIpc) is 2.43. The van der Waals surface area contributed by atoms with Crippen LogP contribution >= 0.6 is 15.9 Å². The van der Waals surface area contributed by atoms with Crippen LogP contribution in [-0.2, 0) is 9.53 Å². The van der Waals surface area contributed by atoms with Crippen LogP contribution in [0.3, 0.4) is 0 Å². The highest BCUT2D eigenvalue weighted by molar-refractivity contribution is 9.09. The molecule has 0 spiro atoms. The third-order valence-corrected chi connectivity index (χ3v) is 2.45. The molecule has 0 saturated heterocycles. The molecule has 1 aromatic carbocycles. The first kappa shape index (κ1) is 16.2. The molecule has 0 aliphatic heterocycles. The minimum atomic E-state index is -0.551. The number of carbonyl (C=O) groups excluding carboxylic acids is 1. The van der Waals surface area contributed by atoms with Gasteiger partial charge in [0, 0.05) is 11.4 Å². The van der Waals surface area contributed by atoms with Crippen LogP contribution in [0.1, 0.15) is 6.92 Å². The smallest absolute Gasteiger partial charge is 0.344 e. The molecule has 8 heteroatoms. The molecule has 0 saturated carbocycles. The zero-order valence-corrected chi connectivity index (χ0v) is 12.4. The van der Waals surface area contributed by atoms with Crippen molar-refractivity contribution < 1.29 is 23.9 Å². The number of nitro groups is 1. The normalized spacial score (nSPS) is 9.90. The molecule has 0 aliphatic carbocycles. The van der Waals surface area contributed by atoms with Gasteiger partial charge in [0.2, 0.25) is 0 Å². The summed E-state index contributed by atoms with van der Waals surface area (Å²) in [5.41, 5.74) is -0.143. The Bertz CT molecular complexity index is 479. The molecular weight excluding hydrogens is 334 g/mol. The highest BCUT2D eigenvalue weighted by atomic mass is 79.9. The van der Waals surface area contributed by atoms with Crippen LogP contribution < -0.4 is 9.47 Å². The molecule has 0 bridgehead atoms. The largest absolute Gasteiger partial charge is 0.489 e. The number of hydrogen-bond acceptors (Lipinski definition) is 6. The molecule has 7 nitrogen and oxygen atoms in total.